The lowest BCUT2D eigenvalue weighted by Crippen LogP contribution is -2.49. The minimum Gasteiger partial charge on any atom is -0.320 e. The van der Waals surface area contributed by atoms with E-state index in [-0.39, 0.29) is 0 Å². The predicted molar refractivity (Wildman–Crippen MR) is 62.5 cm³/mol. The van der Waals surface area contributed by atoms with Gasteiger partial charge in [0.15, 0.2) is 5.84 Å². The van der Waals surface area contributed by atoms with Crippen molar-refractivity contribution in [3.63, 3.8) is 0 Å². The van der Waals surface area contributed by atoms with Crippen LogP contribution in [0, 0.1) is 0 Å². The lowest BCUT2D eigenvalue weighted by atomic mass is 10.1. The van der Waals surface area contributed by atoms with Crippen molar-refractivity contribution >= 4 is 18.1 Å². The SMILES string of the molecule is CN1C=C2N=CN=C2N2C1=N[C@@H]1CCC[C@@H]12. The molecule has 5 nitrogen and oxygen atoms in total. The number of nitrogens with zero attached hydrogens (tertiary/aromatic N) is 5. The zero-order chi connectivity index (χ0) is 10.7. The van der Waals surface area contributed by atoms with Gasteiger partial charge in [0.05, 0.1) is 12.1 Å². The molecule has 0 radical (unpaired) electrons. The van der Waals surface area contributed by atoms with Crippen molar-refractivity contribution in [3.05, 3.63) is 11.9 Å². The van der Waals surface area contributed by atoms with Crippen LogP contribution in [0.1, 0.15) is 19.3 Å². The van der Waals surface area contributed by atoms with Crippen LogP contribution in [-0.4, -0.2) is 47.1 Å². The monoisotopic (exact) mass is 215 g/mol. The maximum Gasteiger partial charge on any atom is 0.207 e. The highest BCUT2D eigenvalue weighted by atomic mass is 15.5. The maximum atomic E-state index is 4.80. The standard InChI is InChI=1S/C11H13N5/c1-15-5-8-10(13-6-12-8)16-9-4-2-3-7(9)14-11(15)16/h5-7,9H,2-4H2,1H3/t7-,9+/m1/s1. The Labute approximate surface area is 93.9 Å². The Kier molecular flexibility index (Phi) is 1.45. The van der Waals surface area contributed by atoms with Gasteiger partial charge in [-0.2, -0.15) is 0 Å². The van der Waals surface area contributed by atoms with Gasteiger partial charge in [-0.1, -0.05) is 0 Å². The Morgan fingerprint density at radius 3 is 3.25 bits per heavy atom. The van der Waals surface area contributed by atoms with Gasteiger partial charge in [-0.15, -0.1) is 0 Å². The molecule has 5 heteroatoms. The summed E-state index contributed by atoms with van der Waals surface area (Å²) < 4.78 is 0. The van der Waals surface area contributed by atoms with Crippen LogP contribution in [0.5, 0.6) is 0 Å². The summed E-state index contributed by atoms with van der Waals surface area (Å²) in [5.41, 5.74) is 0.967. The van der Waals surface area contributed by atoms with E-state index in [9.17, 15) is 0 Å². The minimum absolute atomic E-state index is 0.466. The lowest BCUT2D eigenvalue weighted by molar-refractivity contribution is 0.413. The number of aliphatic imine (C=N–C) groups is 3. The number of amidine groups is 1. The number of hydrogen-bond acceptors (Lipinski definition) is 5. The second-order valence-electron chi connectivity index (χ2n) is 4.69. The van der Waals surface area contributed by atoms with Gasteiger partial charge in [-0.3, -0.25) is 4.90 Å². The molecular weight excluding hydrogens is 202 g/mol. The topological polar surface area (TPSA) is 43.6 Å². The minimum atomic E-state index is 0.466. The summed E-state index contributed by atoms with van der Waals surface area (Å²) in [5.74, 6) is 2.04. The highest BCUT2D eigenvalue weighted by Crippen LogP contribution is 2.36. The zero-order valence-corrected chi connectivity index (χ0v) is 9.17. The zero-order valence-electron chi connectivity index (χ0n) is 9.17. The van der Waals surface area contributed by atoms with Gasteiger partial charge in [0.2, 0.25) is 5.96 Å². The molecule has 0 N–H and O–H groups in total. The van der Waals surface area contributed by atoms with E-state index in [1.54, 1.807) is 6.34 Å². The normalized spacial score (nSPS) is 34.4. The highest BCUT2D eigenvalue weighted by Gasteiger charge is 2.45. The molecule has 3 heterocycles. The molecule has 3 aliphatic heterocycles. The van der Waals surface area contributed by atoms with Gasteiger partial charge in [-0.25, -0.2) is 15.0 Å². The molecule has 0 amide bonds. The quantitative estimate of drug-likeness (QED) is 0.600. The summed E-state index contributed by atoms with van der Waals surface area (Å²) in [6.45, 7) is 0. The average Bonchev–Trinajstić information content (AvgIpc) is 2.88. The molecule has 0 bridgehead atoms. The summed E-state index contributed by atoms with van der Waals surface area (Å²) in [6, 6.07) is 0.982. The van der Waals surface area contributed by atoms with Crippen molar-refractivity contribution < 1.29 is 0 Å². The van der Waals surface area contributed by atoms with Crippen LogP contribution in [0.3, 0.4) is 0 Å². The maximum absolute atomic E-state index is 4.80. The van der Waals surface area contributed by atoms with Crippen LogP contribution in [0.15, 0.2) is 26.9 Å². The Bertz CT molecular complexity index is 473. The Morgan fingerprint density at radius 1 is 1.38 bits per heavy atom. The lowest BCUT2D eigenvalue weighted by Gasteiger charge is -2.33. The molecule has 1 saturated carbocycles. The molecule has 82 valence electrons. The van der Waals surface area contributed by atoms with Gasteiger partial charge < -0.3 is 4.90 Å². The molecule has 0 aromatic heterocycles. The fourth-order valence-corrected chi connectivity index (χ4v) is 3.03. The third-order valence-corrected chi connectivity index (χ3v) is 3.74. The van der Waals surface area contributed by atoms with Crippen LogP contribution in [-0.2, 0) is 0 Å². The molecule has 0 aromatic carbocycles. The first-order chi connectivity index (χ1) is 7.84. The van der Waals surface area contributed by atoms with E-state index < -0.39 is 0 Å². The molecule has 0 saturated heterocycles. The van der Waals surface area contributed by atoms with Crippen LogP contribution in [0.25, 0.3) is 0 Å². The van der Waals surface area contributed by atoms with E-state index in [4.69, 9.17) is 4.99 Å². The molecule has 16 heavy (non-hydrogen) atoms. The fraction of sp³-hybridized carbons (Fsp3) is 0.545. The Morgan fingerprint density at radius 2 is 2.31 bits per heavy atom. The largest absolute Gasteiger partial charge is 0.320 e. The first kappa shape index (κ1) is 8.50. The van der Waals surface area contributed by atoms with E-state index in [0.29, 0.717) is 12.1 Å². The van der Waals surface area contributed by atoms with Crippen molar-refractivity contribution in [2.45, 2.75) is 31.3 Å². The predicted octanol–water partition coefficient (Wildman–Crippen LogP) is 0.806. The first-order valence-electron chi connectivity index (χ1n) is 5.77. The van der Waals surface area contributed by atoms with Crippen molar-refractivity contribution in [2.75, 3.05) is 7.05 Å². The Balaban J connectivity index is 1.84. The summed E-state index contributed by atoms with van der Waals surface area (Å²) in [6.07, 6.45) is 7.36. The summed E-state index contributed by atoms with van der Waals surface area (Å²) in [5, 5.41) is 0. The molecule has 0 spiro atoms. The smallest absolute Gasteiger partial charge is 0.207 e. The molecule has 1 fully saturated rings. The van der Waals surface area contributed by atoms with E-state index in [1.807, 2.05) is 13.2 Å². The fourth-order valence-electron chi connectivity index (χ4n) is 3.03. The van der Waals surface area contributed by atoms with E-state index in [0.717, 1.165) is 17.5 Å². The molecule has 4 aliphatic rings. The highest BCUT2D eigenvalue weighted by molar-refractivity contribution is 6.16. The van der Waals surface area contributed by atoms with Crippen molar-refractivity contribution in [3.8, 4) is 0 Å². The van der Waals surface area contributed by atoms with Crippen LogP contribution >= 0.6 is 0 Å². The van der Waals surface area contributed by atoms with E-state index in [1.165, 1.54) is 19.3 Å². The third kappa shape index (κ3) is 0.887. The molecular formula is C11H13N5. The van der Waals surface area contributed by atoms with Crippen molar-refractivity contribution in [1.29, 1.82) is 0 Å². The Hall–Kier alpha value is -1.65. The second kappa shape index (κ2) is 2.72. The average molecular weight is 215 g/mol. The molecule has 2 atom stereocenters. The number of fused-ring (bicyclic) bond motifs is 5. The van der Waals surface area contributed by atoms with Crippen LogP contribution in [0.2, 0.25) is 0 Å². The summed E-state index contributed by atoms with van der Waals surface area (Å²) in [4.78, 5) is 17.8. The van der Waals surface area contributed by atoms with Crippen LogP contribution in [0.4, 0.5) is 0 Å². The van der Waals surface area contributed by atoms with Gasteiger partial charge in [0.1, 0.15) is 12.0 Å². The summed E-state index contributed by atoms with van der Waals surface area (Å²) >= 11 is 0. The number of hydrogen-bond donors (Lipinski definition) is 0. The van der Waals surface area contributed by atoms with Crippen molar-refractivity contribution in [1.82, 2.24) is 9.80 Å². The van der Waals surface area contributed by atoms with E-state index >= 15 is 0 Å². The second-order valence-corrected chi connectivity index (χ2v) is 4.69. The van der Waals surface area contributed by atoms with Gasteiger partial charge in [0, 0.05) is 13.2 Å². The van der Waals surface area contributed by atoms with E-state index in [2.05, 4.69) is 19.8 Å². The third-order valence-electron chi connectivity index (χ3n) is 3.74. The van der Waals surface area contributed by atoms with Crippen molar-refractivity contribution in [2.24, 2.45) is 15.0 Å². The van der Waals surface area contributed by atoms with Gasteiger partial charge in [0.25, 0.3) is 0 Å². The number of guanidine groups is 1. The molecule has 1 aliphatic carbocycles. The summed E-state index contributed by atoms with van der Waals surface area (Å²) in [7, 11) is 2.03. The first-order valence-corrected chi connectivity index (χ1v) is 5.77. The molecule has 4 rings (SSSR count). The van der Waals surface area contributed by atoms with Crippen LogP contribution < -0.4 is 0 Å². The molecule has 0 aromatic rings. The van der Waals surface area contributed by atoms with Gasteiger partial charge >= 0.3 is 0 Å². The molecule has 0 unspecified atom stereocenters. The number of rotatable bonds is 0. The van der Waals surface area contributed by atoms with Gasteiger partial charge in [-0.05, 0) is 19.3 Å².